The molecule has 0 unspecified atom stereocenters. The molecule has 0 saturated carbocycles. The number of rotatable bonds is 5. The first-order valence-electron chi connectivity index (χ1n) is 7.92. The lowest BCUT2D eigenvalue weighted by Crippen LogP contribution is -2.41. The molecule has 0 bridgehead atoms. The normalized spacial score (nSPS) is 10.5. The van der Waals surface area contributed by atoms with Gasteiger partial charge in [0.05, 0.1) is 6.54 Å². The number of carbonyl (C=O) groups excluding carboxylic acids is 1. The van der Waals surface area contributed by atoms with Crippen molar-refractivity contribution >= 4 is 34.2 Å². The van der Waals surface area contributed by atoms with E-state index in [1.165, 1.54) is 16.8 Å². The minimum Gasteiger partial charge on any atom is -0.325 e. The molecule has 0 spiro atoms. The van der Waals surface area contributed by atoms with Gasteiger partial charge in [0, 0.05) is 21.5 Å². The predicted molar refractivity (Wildman–Crippen MR) is 108 cm³/mol. The van der Waals surface area contributed by atoms with Crippen LogP contribution in [-0.4, -0.2) is 15.0 Å². The van der Waals surface area contributed by atoms with Crippen molar-refractivity contribution in [2.45, 2.75) is 13.1 Å². The van der Waals surface area contributed by atoms with Crippen molar-refractivity contribution in [3.63, 3.8) is 0 Å². The van der Waals surface area contributed by atoms with Gasteiger partial charge in [-0.25, -0.2) is 4.79 Å². The molecule has 3 rings (SSSR count). The number of amides is 1. The number of benzene rings is 2. The molecule has 3 aromatic rings. The highest BCUT2D eigenvalue weighted by Crippen LogP contribution is 2.10. The van der Waals surface area contributed by atoms with Crippen molar-refractivity contribution < 1.29 is 4.79 Å². The summed E-state index contributed by atoms with van der Waals surface area (Å²) in [4.78, 5) is 36.8. The largest absolute Gasteiger partial charge is 0.331 e. The third-order valence-corrected chi connectivity index (χ3v) is 4.48. The van der Waals surface area contributed by atoms with Crippen LogP contribution >= 0.6 is 22.6 Å². The Morgan fingerprint density at radius 2 is 1.65 bits per heavy atom. The van der Waals surface area contributed by atoms with E-state index in [1.807, 2.05) is 42.5 Å². The molecule has 0 aliphatic heterocycles. The highest BCUT2D eigenvalue weighted by atomic mass is 127. The van der Waals surface area contributed by atoms with Crippen LogP contribution in [0.1, 0.15) is 5.56 Å². The van der Waals surface area contributed by atoms with Crippen LogP contribution in [0.15, 0.2) is 76.4 Å². The molecule has 2 aromatic carbocycles. The Morgan fingerprint density at radius 1 is 0.962 bits per heavy atom. The summed E-state index contributed by atoms with van der Waals surface area (Å²) in [5.74, 6) is -0.428. The fraction of sp³-hybridized carbons (Fsp3) is 0.105. The quantitative estimate of drug-likeness (QED) is 0.593. The zero-order valence-corrected chi connectivity index (χ0v) is 15.9. The topological polar surface area (TPSA) is 73.1 Å². The number of carbonyl (C=O) groups is 1. The molecule has 1 N–H and O–H groups in total. The van der Waals surface area contributed by atoms with Gasteiger partial charge in [0.25, 0.3) is 5.56 Å². The van der Waals surface area contributed by atoms with Gasteiger partial charge in [-0.3, -0.25) is 18.7 Å². The third-order valence-electron chi connectivity index (χ3n) is 3.77. The number of anilines is 1. The molecule has 0 atom stereocenters. The number of hydrogen-bond donors (Lipinski definition) is 1. The molecular weight excluding hydrogens is 445 g/mol. The van der Waals surface area contributed by atoms with Gasteiger partial charge in [0.1, 0.15) is 6.54 Å². The maximum absolute atomic E-state index is 12.6. The first-order chi connectivity index (χ1) is 12.5. The van der Waals surface area contributed by atoms with E-state index in [2.05, 4.69) is 27.9 Å². The van der Waals surface area contributed by atoms with Crippen molar-refractivity contribution in [3.05, 3.63) is 96.8 Å². The van der Waals surface area contributed by atoms with Crippen LogP contribution in [0.2, 0.25) is 0 Å². The minimum absolute atomic E-state index is 0.332. The van der Waals surface area contributed by atoms with Gasteiger partial charge in [-0.1, -0.05) is 30.3 Å². The Labute approximate surface area is 163 Å². The van der Waals surface area contributed by atoms with E-state index in [0.29, 0.717) is 12.2 Å². The molecule has 0 radical (unpaired) electrons. The second kappa shape index (κ2) is 8.13. The predicted octanol–water partition coefficient (Wildman–Crippen LogP) is 2.30. The molecule has 0 aliphatic rings. The van der Waals surface area contributed by atoms with Gasteiger partial charge in [0.15, 0.2) is 0 Å². The first-order valence-corrected chi connectivity index (χ1v) is 9.00. The van der Waals surface area contributed by atoms with E-state index in [9.17, 15) is 14.4 Å². The summed E-state index contributed by atoms with van der Waals surface area (Å²) in [6.45, 7) is -0.00201. The Morgan fingerprint density at radius 3 is 2.35 bits per heavy atom. The van der Waals surface area contributed by atoms with E-state index >= 15 is 0 Å². The van der Waals surface area contributed by atoms with Crippen LogP contribution in [0.25, 0.3) is 0 Å². The number of nitrogens with one attached hydrogen (secondary N) is 1. The van der Waals surface area contributed by atoms with Gasteiger partial charge in [-0.15, -0.1) is 0 Å². The van der Waals surface area contributed by atoms with Crippen LogP contribution in [0.3, 0.4) is 0 Å². The zero-order chi connectivity index (χ0) is 18.5. The van der Waals surface area contributed by atoms with E-state index in [4.69, 9.17) is 0 Å². The monoisotopic (exact) mass is 461 g/mol. The smallest absolute Gasteiger partial charge is 0.325 e. The number of hydrogen-bond acceptors (Lipinski definition) is 3. The van der Waals surface area contributed by atoms with Crippen LogP contribution in [-0.2, 0) is 17.9 Å². The maximum Gasteiger partial charge on any atom is 0.331 e. The Balaban J connectivity index is 1.79. The maximum atomic E-state index is 12.6. The second-order valence-corrected chi connectivity index (χ2v) is 6.94. The van der Waals surface area contributed by atoms with Crippen molar-refractivity contribution in [2.75, 3.05) is 5.32 Å². The Hall–Kier alpha value is -2.68. The number of nitrogens with zero attached hydrogens (tertiary/aromatic N) is 2. The van der Waals surface area contributed by atoms with Crippen LogP contribution in [0, 0.1) is 3.57 Å². The molecule has 6 nitrogen and oxygen atoms in total. The molecule has 26 heavy (non-hydrogen) atoms. The van der Waals surface area contributed by atoms with Gasteiger partial charge >= 0.3 is 5.69 Å². The molecule has 1 amide bonds. The summed E-state index contributed by atoms with van der Waals surface area (Å²) < 4.78 is 3.39. The minimum atomic E-state index is -0.515. The third kappa shape index (κ3) is 4.48. The number of halogens is 1. The van der Waals surface area contributed by atoms with E-state index in [0.717, 1.165) is 13.7 Å². The first kappa shape index (κ1) is 18.1. The van der Waals surface area contributed by atoms with Crippen LogP contribution < -0.4 is 16.6 Å². The highest BCUT2D eigenvalue weighted by molar-refractivity contribution is 14.1. The molecule has 7 heteroatoms. The van der Waals surface area contributed by atoms with E-state index in [-0.39, 0.29) is 6.54 Å². The lowest BCUT2D eigenvalue weighted by atomic mass is 10.2. The molecule has 0 fully saturated rings. The highest BCUT2D eigenvalue weighted by Gasteiger charge is 2.10. The summed E-state index contributed by atoms with van der Waals surface area (Å²) in [7, 11) is 0. The van der Waals surface area contributed by atoms with Crippen molar-refractivity contribution in [3.8, 4) is 0 Å². The standard InChI is InChI=1S/C19H16IN3O3/c20-15-6-8-16(9-7-15)21-17(24)13-23-18(25)10-11-22(19(23)26)12-14-4-2-1-3-5-14/h1-11H,12-13H2,(H,21,24). The molecule has 0 aliphatic carbocycles. The van der Waals surface area contributed by atoms with Crippen LogP contribution in [0.4, 0.5) is 5.69 Å². The molecule has 0 saturated heterocycles. The van der Waals surface area contributed by atoms with Gasteiger partial charge < -0.3 is 5.32 Å². The van der Waals surface area contributed by atoms with Crippen molar-refractivity contribution in [2.24, 2.45) is 0 Å². The van der Waals surface area contributed by atoms with E-state index in [1.54, 1.807) is 12.1 Å². The van der Waals surface area contributed by atoms with Crippen LogP contribution in [0.5, 0.6) is 0 Å². The average Bonchev–Trinajstić information content (AvgIpc) is 2.64. The fourth-order valence-corrected chi connectivity index (χ4v) is 2.84. The average molecular weight is 461 g/mol. The Kier molecular flexibility index (Phi) is 5.67. The Bertz CT molecular complexity index is 1020. The summed E-state index contributed by atoms with van der Waals surface area (Å²) in [6.07, 6.45) is 1.45. The lowest BCUT2D eigenvalue weighted by Gasteiger charge is -2.10. The van der Waals surface area contributed by atoms with Gasteiger partial charge in [-0.05, 0) is 52.4 Å². The lowest BCUT2D eigenvalue weighted by molar-refractivity contribution is -0.116. The summed E-state index contributed by atoms with van der Waals surface area (Å²) in [5, 5.41) is 2.69. The van der Waals surface area contributed by atoms with E-state index < -0.39 is 17.2 Å². The second-order valence-electron chi connectivity index (χ2n) is 5.69. The molecular formula is C19H16IN3O3. The molecule has 132 valence electrons. The molecule has 1 heterocycles. The summed E-state index contributed by atoms with van der Waals surface area (Å²) in [5.41, 5.74) is 0.531. The van der Waals surface area contributed by atoms with Gasteiger partial charge in [-0.2, -0.15) is 0 Å². The molecule has 1 aromatic heterocycles. The zero-order valence-electron chi connectivity index (χ0n) is 13.8. The number of aromatic nitrogens is 2. The SMILES string of the molecule is O=C(Cn1c(=O)ccn(Cc2ccccc2)c1=O)Nc1ccc(I)cc1. The summed E-state index contributed by atoms with van der Waals surface area (Å²) >= 11 is 2.17. The van der Waals surface area contributed by atoms with Crippen molar-refractivity contribution in [1.29, 1.82) is 0 Å². The summed E-state index contributed by atoms with van der Waals surface area (Å²) in [6, 6.07) is 18.0. The van der Waals surface area contributed by atoms with Gasteiger partial charge in [0.2, 0.25) is 5.91 Å². The van der Waals surface area contributed by atoms with Crippen molar-refractivity contribution in [1.82, 2.24) is 9.13 Å². The fourth-order valence-electron chi connectivity index (χ4n) is 2.48.